The molecule has 0 fully saturated rings. The van der Waals surface area contributed by atoms with Gasteiger partial charge in [0.15, 0.2) is 0 Å². The fraction of sp³-hybridized carbons (Fsp3) is 0.0833. The van der Waals surface area contributed by atoms with Crippen molar-refractivity contribution in [1.82, 2.24) is 10.2 Å². The Morgan fingerprint density at radius 2 is 2.10 bits per heavy atom. The van der Waals surface area contributed by atoms with Gasteiger partial charge in [0.05, 0.1) is 5.69 Å². The molecule has 0 spiro atoms. The van der Waals surface area contributed by atoms with Gasteiger partial charge in [-0.2, -0.15) is 0 Å². The van der Waals surface area contributed by atoms with E-state index in [-0.39, 0.29) is 17.4 Å². The molecule has 0 amide bonds. The standard InChI is InChI=1S/C12H11N3O4S/c1-7(6-10(16)17)19-15-9-4-2-8(3-5-9)11-13-14-12(20)18-11/h2-5,15H,1,6H2,(H,14,20)(H,16,17). The van der Waals surface area contributed by atoms with Crippen LogP contribution in [0.3, 0.4) is 0 Å². The number of anilines is 1. The minimum Gasteiger partial charge on any atom is -0.481 e. The van der Waals surface area contributed by atoms with Gasteiger partial charge in [-0.1, -0.05) is 19.2 Å². The molecule has 7 nitrogen and oxygen atoms in total. The van der Waals surface area contributed by atoms with Gasteiger partial charge in [0, 0.05) is 5.56 Å². The molecule has 2 aromatic rings. The number of carboxylic acid groups (broad SMARTS) is 1. The highest BCUT2D eigenvalue weighted by Gasteiger charge is 2.06. The van der Waals surface area contributed by atoms with Gasteiger partial charge in [-0.15, -0.1) is 10.2 Å². The monoisotopic (exact) mass is 293 g/mol. The Morgan fingerprint density at radius 1 is 1.40 bits per heavy atom. The number of rotatable bonds is 6. The number of carboxylic acids is 1. The van der Waals surface area contributed by atoms with Crippen LogP contribution < -0.4 is 5.48 Å². The van der Waals surface area contributed by atoms with E-state index in [1.54, 1.807) is 24.3 Å². The van der Waals surface area contributed by atoms with Crippen molar-refractivity contribution in [2.45, 2.75) is 11.6 Å². The Kier molecular flexibility index (Phi) is 4.26. The van der Waals surface area contributed by atoms with Crippen LogP contribution in [-0.4, -0.2) is 21.3 Å². The molecular weight excluding hydrogens is 282 g/mol. The SMILES string of the molecule is C=C(CC(=O)O)ONc1ccc(-c2nnc(S)o2)cc1. The highest BCUT2D eigenvalue weighted by atomic mass is 32.1. The van der Waals surface area contributed by atoms with E-state index in [9.17, 15) is 4.79 Å². The lowest BCUT2D eigenvalue weighted by molar-refractivity contribution is -0.136. The molecule has 8 heteroatoms. The molecule has 0 saturated carbocycles. The molecule has 0 aliphatic carbocycles. The number of hydrogen-bond acceptors (Lipinski definition) is 7. The summed E-state index contributed by atoms with van der Waals surface area (Å²) in [5.41, 5.74) is 3.95. The minimum atomic E-state index is -1.01. The molecule has 1 aromatic heterocycles. The number of aliphatic carboxylic acids is 1. The van der Waals surface area contributed by atoms with E-state index < -0.39 is 5.97 Å². The summed E-state index contributed by atoms with van der Waals surface area (Å²) >= 11 is 3.93. The van der Waals surface area contributed by atoms with Gasteiger partial charge >= 0.3 is 5.97 Å². The van der Waals surface area contributed by atoms with Crippen LogP contribution in [0, 0.1) is 0 Å². The Labute approximate surface area is 119 Å². The van der Waals surface area contributed by atoms with E-state index in [4.69, 9.17) is 14.4 Å². The predicted octanol–water partition coefficient (Wildman–Crippen LogP) is 2.36. The quantitative estimate of drug-likeness (QED) is 0.427. The molecular formula is C12H11N3O4S. The molecule has 0 radical (unpaired) electrons. The third-order valence-corrected chi connectivity index (χ3v) is 2.39. The number of nitrogens with zero attached hydrogens (tertiary/aromatic N) is 2. The molecule has 0 aliphatic heterocycles. The normalized spacial score (nSPS) is 10.1. The second kappa shape index (κ2) is 6.11. The first-order valence-electron chi connectivity index (χ1n) is 5.50. The molecule has 1 heterocycles. The van der Waals surface area contributed by atoms with Gasteiger partial charge in [-0.05, 0) is 24.3 Å². The molecule has 2 rings (SSSR count). The van der Waals surface area contributed by atoms with Crippen LogP contribution in [0.2, 0.25) is 0 Å². The van der Waals surface area contributed by atoms with E-state index in [1.807, 2.05) is 0 Å². The average molecular weight is 293 g/mol. The van der Waals surface area contributed by atoms with Crippen molar-refractivity contribution in [3.8, 4) is 11.5 Å². The first-order chi connectivity index (χ1) is 9.54. The van der Waals surface area contributed by atoms with Crippen LogP contribution in [0.25, 0.3) is 11.5 Å². The minimum absolute atomic E-state index is 0.109. The maximum Gasteiger partial charge on any atom is 0.311 e. The summed E-state index contributed by atoms with van der Waals surface area (Å²) in [6.45, 7) is 3.47. The highest BCUT2D eigenvalue weighted by Crippen LogP contribution is 2.21. The third-order valence-electron chi connectivity index (χ3n) is 2.21. The van der Waals surface area contributed by atoms with Gasteiger partial charge in [0.2, 0.25) is 5.89 Å². The van der Waals surface area contributed by atoms with Crippen molar-refractivity contribution in [1.29, 1.82) is 0 Å². The molecule has 0 aliphatic rings. The molecule has 104 valence electrons. The Bertz CT molecular complexity index is 624. The zero-order valence-electron chi connectivity index (χ0n) is 10.2. The van der Waals surface area contributed by atoms with E-state index >= 15 is 0 Å². The summed E-state index contributed by atoms with van der Waals surface area (Å²) in [5.74, 6) is -0.540. The van der Waals surface area contributed by atoms with Crippen molar-refractivity contribution in [3.05, 3.63) is 36.6 Å². The molecule has 0 unspecified atom stereocenters. The summed E-state index contributed by atoms with van der Waals surface area (Å²) in [4.78, 5) is 15.4. The molecule has 0 bridgehead atoms. The zero-order chi connectivity index (χ0) is 14.5. The molecule has 20 heavy (non-hydrogen) atoms. The first kappa shape index (κ1) is 13.9. The number of nitrogens with one attached hydrogen (secondary N) is 1. The maximum atomic E-state index is 10.4. The molecule has 1 aromatic carbocycles. The molecule has 2 N–H and O–H groups in total. The van der Waals surface area contributed by atoms with Gasteiger partial charge in [-0.3, -0.25) is 4.79 Å². The lowest BCUT2D eigenvalue weighted by Crippen LogP contribution is -2.04. The van der Waals surface area contributed by atoms with Gasteiger partial charge in [-0.25, -0.2) is 5.48 Å². The Morgan fingerprint density at radius 3 is 2.65 bits per heavy atom. The van der Waals surface area contributed by atoms with Gasteiger partial charge in [0.25, 0.3) is 5.22 Å². The van der Waals surface area contributed by atoms with Crippen LogP contribution in [0.4, 0.5) is 5.69 Å². The van der Waals surface area contributed by atoms with E-state index in [2.05, 4.69) is 34.9 Å². The van der Waals surface area contributed by atoms with E-state index in [0.717, 1.165) is 5.56 Å². The smallest absolute Gasteiger partial charge is 0.311 e. The van der Waals surface area contributed by atoms with Crippen LogP contribution in [-0.2, 0) is 9.63 Å². The van der Waals surface area contributed by atoms with E-state index in [0.29, 0.717) is 11.6 Å². The summed E-state index contributed by atoms with van der Waals surface area (Å²) in [5, 5.41) is 16.2. The lowest BCUT2D eigenvalue weighted by atomic mass is 10.2. The summed E-state index contributed by atoms with van der Waals surface area (Å²) in [7, 11) is 0. The van der Waals surface area contributed by atoms with Crippen LogP contribution in [0.5, 0.6) is 0 Å². The van der Waals surface area contributed by atoms with Crippen molar-refractivity contribution in [3.63, 3.8) is 0 Å². The number of thiol groups is 1. The number of hydrogen-bond donors (Lipinski definition) is 3. The summed E-state index contributed by atoms with van der Waals surface area (Å²) < 4.78 is 5.16. The largest absolute Gasteiger partial charge is 0.481 e. The summed E-state index contributed by atoms with van der Waals surface area (Å²) in [6.07, 6.45) is -0.266. The van der Waals surface area contributed by atoms with Crippen molar-refractivity contribution < 1.29 is 19.2 Å². The topological polar surface area (TPSA) is 97.5 Å². The molecule has 0 atom stereocenters. The number of aromatic nitrogens is 2. The average Bonchev–Trinajstić information content (AvgIpc) is 2.83. The van der Waals surface area contributed by atoms with Crippen LogP contribution in [0.15, 0.2) is 46.2 Å². The highest BCUT2D eigenvalue weighted by molar-refractivity contribution is 7.80. The number of benzene rings is 1. The van der Waals surface area contributed by atoms with Gasteiger partial charge < -0.3 is 14.4 Å². The lowest BCUT2D eigenvalue weighted by Gasteiger charge is -2.09. The van der Waals surface area contributed by atoms with Crippen molar-refractivity contribution in [2.75, 3.05) is 5.48 Å². The Balaban J connectivity index is 1.95. The van der Waals surface area contributed by atoms with Crippen LogP contribution >= 0.6 is 12.6 Å². The van der Waals surface area contributed by atoms with Gasteiger partial charge in [0.1, 0.15) is 12.2 Å². The maximum absolute atomic E-state index is 10.4. The van der Waals surface area contributed by atoms with Crippen LogP contribution in [0.1, 0.15) is 6.42 Å². The first-order valence-corrected chi connectivity index (χ1v) is 5.94. The third kappa shape index (κ3) is 3.75. The predicted molar refractivity (Wildman–Crippen MR) is 73.1 cm³/mol. The second-order valence-electron chi connectivity index (χ2n) is 3.78. The fourth-order valence-electron chi connectivity index (χ4n) is 1.35. The summed E-state index contributed by atoms with van der Waals surface area (Å²) in [6, 6.07) is 6.91. The molecule has 0 saturated heterocycles. The fourth-order valence-corrected chi connectivity index (χ4v) is 1.48. The Hall–Kier alpha value is -2.48. The zero-order valence-corrected chi connectivity index (χ0v) is 11.1. The van der Waals surface area contributed by atoms with Crippen molar-refractivity contribution in [2.24, 2.45) is 0 Å². The second-order valence-corrected chi connectivity index (χ2v) is 4.16. The van der Waals surface area contributed by atoms with E-state index in [1.165, 1.54) is 0 Å². The van der Waals surface area contributed by atoms with Crippen molar-refractivity contribution >= 4 is 24.3 Å². The number of carbonyl (C=O) groups is 1.